The third-order valence-electron chi connectivity index (χ3n) is 1.86. The third-order valence-corrected chi connectivity index (χ3v) is 1.86. The molecule has 3 N–H and O–H groups in total. The van der Waals surface area contributed by atoms with Crippen LogP contribution in [0.1, 0.15) is 22.0 Å². The number of carboxylic acid groups (broad SMARTS) is 1. The van der Waals surface area contributed by atoms with Gasteiger partial charge in [0.1, 0.15) is 11.7 Å². The van der Waals surface area contributed by atoms with Gasteiger partial charge in [0.05, 0.1) is 6.07 Å². The highest BCUT2D eigenvalue weighted by Gasteiger charge is 2.21. The molecule has 0 spiro atoms. The van der Waals surface area contributed by atoms with Crippen LogP contribution >= 0.6 is 0 Å². The predicted molar refractivity (Wildman–Crippen MR) is 47.7 cm³/mol. The third kappa shape index (κ3) is 2.31. The summed E-state index contributed by atoms with van der Waals surface area (Å²) in [7, 11) is 0. The lowest BCUT2D eigenvalue weighted by molar-refractivity contribution is 0.0521. The van der Waals surface area contributed by atoms with Gasteiger partial charge in [0.15, 0.2) is 6.10 Å². The van der Waals surface area contributed by atoms with Crippen LogP contribution in [-0.2, 0) is 0 Å². The number of carbonyl (C=O) groups is 1. The molecule has 1 aromatic rings. The zero-order valence-electron chi connectivity index (χ0n) is 7.83. The van der Waals surface area contributed by atoms with Crippen molar-refractivity contribution >= 4 is 5.97 Å². The molecule has 0 amide bonds. The summed E-state index contributed by atoms with van der Waals surface area (Å²) >= 11 is 0. The maximum atomic E-state index is 12.9. The van der Waals surface area contributed by atoms with E-state index in [0.717, 1.165) is 12.3 Å². The summed E-state index contributed by atoms with van der Waals surface area (Å²) in [6.45, 7) is 0. The first kappa shape index (κ1) is 12.0. The predicted octanol–water partition coefficient (Wildman–Crippen LogP) is -0.163. The Morgan fingerprint density at radius 3 is 2.69 bits per heavy atom. The molecule has 6 nitrogen and oxygen atoms in total. The number of hydrogen-bond acceptors (Lipinski definition) is 5. The number of hydrogen-bond donors (Lipinski definition) is 3. The van der Waals surface area contributed by atoms with Gasteiger partial charge in [0.25, 0.3) is 0 Å². The number of halogens is 1. The number of carboxylic acids is 1. The van der Waals surface area contributed by atoms with Gasteiger partial charge in [-0.1, -0.05) is 0 Å². The molecule has 0 saturated heterocycles. The molecule has 2 atom stereocenters. The maximum Gasteiger partial charge on any atom is 0.340 e. The van der Waals surface area contributed by atoms with Gasteiger partial charge in [-0.25, -0.2) is 9.78 Å². The van der Waals surface area contributed by atoms with Crippen molar-refractivity contribution in [1.82, 2.24) is 4.98 Å². The summed E-state index contributed by atoms with van der Waals surface area (Å²) in [6.07, 6.45) is -2.50. The van der Waals surface area contributed by atoms with Gasteiger partial charge in [-0.05, 0) is 6.07 Å². The van der Waals surface area contributed by atoms with E-state index in [1.807, 2.05) is 0 Å². The minimum Gasteiger partial charge on any atom is -0.478 e. The van der Waals surface area contributed by atoms with Crippen LogP contribution in [0.2, 0.25) is 0 Å². The molecule has 0 aliphatic heterocycles. The highest BCUT2D eigenvalue weighted by atomic mass is 19.1. The first-order valence-corrected chi connectivity index (χ1v) is 4.12. The second-order valence-corrected chi connectivity index (χ2v) is 2.93. The Labute approximate surface area is 89.2 Å². The van der Waals surface area contributed by atoms with E-state index >= 15 is 0 Å². The lowest BCUT2D eigenvalue weighted by Gasteiger charge is -2.11. The van der Waals surface area contributed by atoms with Gasteiger partial charge in [0.2, 0.25) is 5.95 Å². The van der Waals surface area contributed by atoms with E-state index < -0.39 is 29.7 Å². The van der Waals surface area contributed by atoms with E-state index in [-0.39, 0.29) is 5.56 Å². The summed E-state index contributed by atoms with van der Waals surface area (Å²) in [5, 5.41) is 35.3. The topological polar surface area (TPSA) is 114 Å². The van der Waals surface area contributed by atoms with Crippen molar-refractivity contribution < 1.29 is 24.5 Å². The molecular weight excluding hydrogens is 219 g/mol. The van der Waals surface area contributed by atoms with Gasteiger partial charge < -0.3 is 15.3 Å². The Bertz CT molecular complexity index is 457. The van der Waals surface area contributed by atoms with Crippen LogP contribution in [0.25, 0.3) is 0 Å². The highest BCUT2D eigenvalue weighted by molar-refractivity contribution is 5.87. The Balaban J connectivity index is 3.13. The molecule has 0 aromatic carbocycles. The fraction of sp³-hybridized carbons (Fsp3) is 0.222. The standard InChI is InChI=1S/C9H7FN2O4/c10-8-5(9(15)16)1-4(3-12-8)7(14)6(13)2-11/h1,3,6-7,13-14H,(H,15,16). The first-order valence-electron chi connectivity index (χ1n) is 4.12. The quantitative estimate of drug-likeness (QED) is 0.487. The van der Waals surface area contributed by atoms with E-state index in [4.69, 9.17) is 15.5 Å². The number of pyridine rings is 1. The molecule has 0 aliphatic carbocycles. The van der Waals surface area contributed by atoms with Crippen molar-refractivity contribution in [3.05, 3.63) is 29.3 Å². The molecule has 0 fully saturated rings. The molecule has 2 unspecified atom stereocenters. The van der Waals surface area contributed by atoms with Crippen LogP contribution in [-0.4, -0.2) is 32.4 Å². The summed E-state index contributed by atoms with van der Waals surface area (Å²) in [5.41, 5.74) is -0.880. The number of aliphatic hydroxyl groups is 2. The Morgan fingerprint density at radius 2 is 2.19 bits per heavy atom. The Morgan fingerprint density at radius 1 is 1.56 bits per heavy atom. The molecule has 0 saturated carbocycles. The van der Waals surface area contributed by atoms with Gasteiger partial charge >= 0.3 is 5.97 Å². The van der Waals surface area contributed by atoms with Crippen molar-refractivity contribution in [3.8, 4) is 6.07 Å². The number of aromatic nitrogens is 1. The maximum absolute atomic E-state index is 12.9. The second kappa shape index (κ2) is 4.65. The van der Waals surface area contributed by atoms with Gasteiger partial charge in [-0.3, -0.25) is 0 Å². The van der Waals surface area contributed by atoms with Crippen molar-refractivity contribution in [1.29, 1.82) is 5.26 Å². The highest BCUT2D eigenvalue weighted by Crippen LogP contribution is 2.18. The molecule has 0 bridgehead atoms. The van der Waals surface area contributed by atoms with Crippen molar-refractivity contribution in [2.45, 2.75) is 12.2 Å². The molecule has 0 radical (unpaired) electrons. The van der Waals surface area contributed by atoms with E-state index in [1.54, 1.807) is 0 Å². The Kier molecular flexibility index (Phi) is 3.50. The van der Waals surface area contributed by atoms with Gasteiger partial charge in [0, 0.05) is 11.8 Å². The van der Waals surface area contributed by atoms with E-state index in [9.17, 15) is 14.3 Å². The SMILES string of the molecule is N#CC(O)C(O)c1cnc(F)c(C(=O)O)c1. The number of aliphatic hydroxyl groups excluding tert-OH is 2. The van der Waals surface area contributed by atoms with Gasteiger partial charge in [-0.2, -0.15) is 9.65 Å². The smallest absolute Gasteiger partial charge is 0.340 e. The van der Waals surface area contributed by atoms with Crippen LogP contribution in [0.4, 0.5) is 4.39 Å². The van der Waals surface area contributed by atoms with Crippen molar-refractivity contribution in [2.24, 2.45) is 0 Å². The summed E-state index contributed by atoms with van der Waals surface area (Å²) in [6, 6.07) is 2.18. The average Bonchev–Trinajstić information content (AvgIpc) is 2.27. The molecule has 0 aliphatic rings. The lowest BCUT2D eigenvalue weighted by Crippen LogP contribution is -2.17. The van der Waals surface area contributed by atoms with Crippen LogP contribution in [0.15, 0.2) is 12.3 Å². The zero-order valence-corrected chi connectivity index (χ0v) is 7.83. The molecule has 1 aromatic heterocycles. The van der Waals surface area contributed by atoms with Crippen LogP contribution < -0.4 is 0 Å². The summed E-state index contributed by atoms with van der Waals surface area (Å²) in [4.78, 5) is 13.7. The van der Waals surface area contributed by atoms with E-state index in [1.165, 1.54) is 6.07 Å². The minimum atomic E-state index is -1.73. The fourth-order valence-electron chi connectivity index (χ4n) is 1.03. The first-order chi connectivity index (χ1) is 7.47. The van der Waals surface area contributed by atoms with Crippen LogP contribution in [0.3, 0.4) is 0 Å². The average molecular weight is 226 g/mol. The molecule has 1 rings (SSSR count). The fourth-order valence-corrected chi connectivity index (χ4v) is 1.03. The number of rotatable bonds is 3. The van der Waals surface area contributed by atoms with Gasteiger partial charge in [-0.15, -0.1) is 0 Å². The second-order valence-electron chi connectivity index (χ2n) is 2.93. The molecular formula is C9H7FN2O4. The van der Waals surface area contributed by atoms with E-state index in [2.05, 4.69) is 4.98 Å². The molecule has 7 heteroatoms. The van der Waals surface area contributed by atoms with Crippen LogP contribution in [0, 0.1) is 17.3 Å². The van der Waals surface area contributed by atoms with E-state index in [0.29, 0.717) is 0 Å². The monoisotopic (exact) mass is 226 g/mol. The normalized spacial score (nSPS) is 13.9. The van der Waals surface area contributed by atoms with Crippen molar-refractivity contribution in [2.75, 3.05) is 0 Å². The van der Waals surface area contributed by atoms with Crippen LogP contribution in [0.5, 0.6) is 0 Å². The Hall–Kier alpha value is -2.04. The largest absolute Gasteiger partial charge is 0.478 e. The van der Waals surface area contributed by atoms with Crippen molar-refractivity contribution in [3.63, 3.8) is 0 Å². The number of aromatic carboxylic acids is 1. The molecule has 1 heterocycles. The summed E-state index contributed by atoms with van der Waals surface area (Å²) < 4.78 is 12.9. The molecule has 16 heavy (non-hydrogen) atoms. The number of nitriles is 1. The summed E-state index contributed by atoms with van der Waals surface area (Å²) in [5.74, 6) is -2.75. The molecule has 84 valence electrons. The minimum absolute atomic E-state index is 0.146. The number of nitrogens with zero attached hydrogens (tertiary/aromatic N) is 2. The lowest BCUT2D eigenvalue weighted by atomic mass is 10.1. The zero-order chi connectivity index (χ0) is 12.3.